The lowest BCUT2D eigenvalue weighted by molar-refractivity contribution is 0.0588. The summed E-state index contributed by atoms with van der Waals surface area (Å²) in [6.07, 6.45) is 2.16. The molecule has 0 aliphatic rings. The van der Waals surface area contributed by atoms with Crippen molar-refractivity contribution in [3.8, 4) is 0 Å². The Labute approximate surface area is 122 Å². The molecule has 1 aromatic heterocycles. The van der Waals surface area contributed by atoms with E-state index in [2.05, 4.69) is 40.3 Å². The van der Waals surface area contributed by atoms with Gasteiger partial charge in [-0.15, -0.1) is 11.3 Å². The third-order valence-electron chi connectivity index (χ3n) is 2.51. The number of nitrogens with one attached hydrogen (secondary N) is 1. The van der Waals surface area contributed by atoms with Crippen LogP contribution < -0.4 is 5.32 Å². The molecular weight excluding hydrogens is 314 g/mol. The van der Waals surface area contributed by atoms with Gasteiger partial charge in [0.15, 0.2) is 0 Å². The molecule has 0 fully saturated rings. The van der Waals surface area contributed by atoms with Crippen molar-refractivity contribution < 1.29 is 9.47 Å². The lowest BCUT2D eigenvalue weighted by Crippen LogP contribution is -2.36. The summed E-state index contributed by atoms with van der Waals surface area (Å²) < 4.78 is 11.8. The molecule has 1 unspecified atom stereocenters. The summed E-state index contributed by atoms with van der Waals surface area (Å²) in [7, 11) is 1.69. The zero-order valence-electron chi connectivity index (χ0n) is 11.1. The van der Waals surface area contributed by atoms with E-state index in [1.165, 1.54) is 8.66 Å². The Kier molecular flexibility index (Phi) is 8.88. The Hall–Kier alpha value is 0.0600. The third-order valence-corrected chi connectivity index (χ3v) is 4.16. The van der Waals surface area contributed by atoms with Crippen molar-refractivity contribution in [3.05, 3.63) is 20.8 Å². The summed E-state index contributed by atoms with van der Waals surface area (Å²) >= 11 is 5.29. The van der Waals surface area contributed by atoms with Crippen molar-refractivity contribution in [2.24, 2.45) is 0 Å². The van der Waals surface area contributed by atoms with Gasteiger partial charge in [0.1, 0.15) is 0 Å². The Morgan fingerprint density at radius 2 is 2.22 bits per heavy atom. The number of halogens is 1. The maximum absolute atomic E-state index is 5.62. The van der Waals surface area contributed by atoms with Gasteiger partial charge in [0, 0.05) is 18.0 Å². The molecule has 5 heteroatoms. The van der Waals surface area contributed by atoms with Gasteiger partial charge >= 0.3 is 0 Å². The van der Waals surface area contributed by atoms with Crippen LogP contribution in [0.25, 0.3) is 0 Å². The Morgan fingerprint density at radius 3 is 2.83 bits per heavy atom. The molecule has 0 aliphatic heterocycles. The second-order valence-electron chi connectivity index (χ2n) is 4.13. The molecule has 0 bridgehead atoms. The normalized spacial score (nSPS) is 12.8. The van der Waals surface area contributed by atoms with Crippen molar-refractivity contribution in [2.75, 3.05) is 33.5 Å². The maximum atomic E-state index is 5.62. The van der Waals surface area contributed by atoms with Crippen LogP contribution in [0.1, 0.15) is 18.2 Å². The van der Waals surface area contributed by atoms with Gasteiger partial charge in [-0.2, -0.15) is 0 Å². The van der Waals surface area contributed by atoms with E-state index in [9.17, 15) is 0 Å². The lowest BCUT2D eigenvalue weighted by Gasteiger charge is -2.17. The highest BCUT2D eigenvalue weighted by atomic mass is 79.9. The van der Waals surface area contributed by atoms with E-state index in [0.29, 0.717) is 19.3 Å². The topological polar surface area (TPSA) is 30.5 Å². The number of hydrogen-bond donors (Lipinski definition) is 1. The van der Waals surface area contributed by atoms with Crippen LogP contribution in [-0.4, -0.2) is 39.5 Å². The van der Waals surface area contributed by atoms with Gasteiger partial charge < -0.3 is 14.8 Å². The van der Waals surface area contributed by atoms with E-state index in [0.717, 1.165) is 26.0 Å². The van der Waals surface area contributed by atoms with Crippen LogP contribution in [0.15, 0.2) is 15.9 Å². The van der Waals surface area contributed by atoms with Crippen LogP contribution >= 0.6 is 27.3 Å². The van der Waals surface area contributed by atoms with Crippen LogP contribution in [0.5, 0.6) is 0 Å². The average Bonchev–Trinajstić information content (AvgIpc) is 2.77. The Morgan fingerprint density at radius 1 is 1.39 bits per heavy atom. The van der Waals surface area contributed by atoms with Crippen molar-refractivity contribution in [3.63, 3.8) is 0 Å². The van der Waals surface area contributed by atoms with Crippen LogP contribution in [-0.2, 0) is 15.9 Å². The molecule has 0 spiro atoms. The fourth-order valence-corrected chi connectivity index (χ4v) is 3.17. The highest BCUT2D eigenvalue weighted by Crippen LogP contribution is 2.23. The summed E-state index contributed by atoms with van der Waals surface area (Å²) in [6, 6.07) is 4.65. The molecule has 104 valence electrons. The molecule has 3 nitrogen and oxygen atoms in total. The summed E-state index contributed by atoms with van der Waals surface area (Å²) in [5.74, 6) is 0. The molecule has 1 atom stereocenters. The molecule has 0 saturated heterocycles. The smallest absolute Gasteiger partial charge is 0.0701 e. The quantitative estimate of drug-likeness (QED) is 0.666. The van der Waals surface area contributed by atoms with E-state index in [4.69, 9.17) is 9.47 Å². The second kappa shape index (κ2) is 9.92. The summed E-state index contributed by atoms with van der Waals surface area (Å²) in [4.78, 5) is 1.38. The highest BCUT2D eigenvalue weighted by molar-refractivity contribution is 9.11. The first-order valence-corrected chi connectivity index (χ1v) is 7.91. The summed E-state index contributed by atoms with van der Waals surface area (Å²) in [5, 5.41) is 3.53. The summed E-state index contributed by atoms with van der Waals surface area (Å²) in [5.41, 5.74) is 0. The molecule has 0 aromatic carbocycles. The predicted molar refractivity (Wildman–Crippen MR) is 80.5 cm³/mol. The largest absolute Gasteiger partial charge is 0.382 e. The van der Waals surface area contributed by atoms with Crippen molar-refractivity contribution in [1.82, 2.24) is 5.32 Å². The number of thiophene rings is 1. The van der Waals surface area contributed by atoms with Crippen LogP contribution in [0.4, 0.5) is 0 Å². The molecule has 0 aliphatic carbocycles. The van der Waals surface area contributed by atoms with Crippen LogP contribution in [0.3, 0.4) is 0 Å². The van der Waals surface area contributed by atoms with E-state index in [1.54, 1.807) is 18.4 Å². The van der Waals surface area contributed by atoms with Gasteiger partial charge in [0.2, 0.25) is 0 Å². The van der Waals surface area contributed by atoms with Gasteiger partial charge in [-0.3, -0.25) is 0 Å². The van der Waals surface area contributed by atoms with Gasteiger partial charge in [0.05, 0.1) is 23.6 Å². The number of hydrogen-bond acceptors (Lipinski definition) is 4. The summed E-state index contributed by atoms with van der Waals surface area (Å²) in [6.45, 7) is 5.27. The molecule has 1 aromatic rings. The number of methoxy groups -OCH3 is 1. The predicted octanol–water partition coefficient (Wildman–Crippen LogP) is 3.08. The molecular formula is C13H22BrNO2S. The zero-order chi connectivity index (χ0) is 13.2. The lowest BCUT2D eigenvalue weighted by atomic mass is 10.2. The molecule has 1 rings (SSSR count). The molecule has 0 radical (unpaired) electrons. The minimum Gasteiger partial charge on any atom is -0.382 e. The standard InChI is InChI=1S/C13H22BrNO2S/c1-3-6-15-11(10-17-8-7-16-2)9-12-4-5-13(14)18-12/h4-5,11,15H,3,6-10H2,1-2H3. The van der Waals surface area contributed by atoms with E-state index < -0.39 is 0 Å². The monoisotopic (exact) mass is 335 g/mol. The van der Waals surface area contributed by atoms with Gasteiger partial charge in [0.25, 0.3) is 0 Å². The second-order valence-corrected chi connectivity index (χ2v) is 6.68. The number of ether oxygens (including phenoxy) is 2. The molecule has 18 heavy (non-hydrogen) atoms. The van der Waals surface area contributed by atoms with Crippen molar-refractivity contribution >= 4 is 27.3 Å². The van der Waals surface area contributed by atoms with Gasteiger partial charge in [-0.05, 0) is 47.4 Å². The van der Waals surface area contributed by atoms with E-state index in [1.807, 2.05) is 0 Å². The molecule has 0 saturated carbocycles. The Bertz CT molecular complexity index is 320. The van der Waals surface area contributed by atoms with Crippen molar-refractivity contribution in [1.29, 1.82) is 0 Å². The minimum absolute atomic E-state index is 0.382. The number of rotatable bonds is 10. The molecule has 0 amide bonds. The van der Waals surface area contributed by atoms with Crippen LogP contribution in [0, 0.1) is 0 Å². The van der Waals surface area contributed by atoms with E-state index >= 15 is 0 Å². The first-order chi connectivity index (χ1) is 8.76. The first kappa shape index (κ1) is 16.1. The zero-order valence-corrected chi connectivity index (χ0v) is 13.5. The first-order valence-electron chi connectivity index (χ1n) is 6.30. The maximum Gasteiger partial charge on any atom is 0.0701 e. The Balaban J connectivity index is 2.34. The van der Waals surface area contributed by atoms with Gasteiger partial charge in [-0.1, -0.05) is 6.92 Å². The highest BCUT2D eigenvalue weighted by Gasteiger charge is 2.10. The average molecular weight is 336 g/mol. The molecule has 1 heterocycles. The fraction of sp³-hybridized carbons (Fsp3) is 0.692. The van der Waals surface area contributed by atoms with Gasteiger partial charge in [-0.25, -0.2) is 0 Å². The molecule has 1 N–H and O–H groups in total. The van der Waals surface area contributed by atoms with Crippen molar-refractivity contribution in [2.45, 2.75) is 25.8 Å². The SMILES string of the molecule is CCCNC(COCCOC)Cc1ccc(Br)s1. The van der Waals surface area contributed by atoms with Crippen LogP contribution in [0.2, 0.25) is 0 Å². The third kappa shape index (κ3) is 6.85. The minimum atomic E-state index is 0.382. The van der Waals surface area contributed by atoms with E-state index in [-0.39, 0.29) is 0 Å². The fourth-order valence-electron chi connectivity index (χ4n) is 1.61.